The Morgan fingerprint density at radius 1 is 1.50 bits per heavy atom. The van der Waals surface area contributed by atoms with Crippen LogP contribution < -0.4 is 10.6 Å². The molecule has 1 aromatic rings. The summed E-state index contributed by atoms with van der Waals surface area (Å²) in [5.74, 6) is 0. The Morgan fingerprint density at radius 2 is 2.22 bits per heavy atom. The predicted octanol–water partition coefficient (Wildman–Crippen LogP) is 2.73. The van der Waals surface area contributed by atoms with Gasteiger partial charge in [0.05, 0.1) is 11.9 Å². The molecule has 3 nitrogen and oxygen atoms in total. The van der Waals surface area contributed by atoms with Gasteiger partial charge in [-0.15, -0.1) is 0 Å². The highest BCUT2D eigenvalue weighted by Gasteiger charge is 2.35. The molecule has 0 saturated carbocycles. The number of pyridine rings is 1. The second kappa shape index (κ2) is 5.22. The zero-order chi connectivity index (χ0) is 13.2. The number of anilines is 1. The zero-order valence-electron chi connectivity index (χ0n) is 11.1. The van der Waals surface area contributed by atoms with E-state index in [4.69, 9.17) is 18.0 Å². The third-order valence-corrected chi connectivity index (χ3v) is 4.56. The zero-order valence-corrected chi connectivity index (χ0v) is 12.0. The number of hydrogen-bond acceptors (Lipinski definition) is 3. The molecule has 18 heavy (non-hydrogen) atoms. The lowest BCUT2D eigenvalue weighted by Crippen LogP contribution is -2.28. The van der Waals surface area contributed by atoms with Crippen LogP contribution in [0.4, 0.5) is 5.69 Å². The molecule has 0 aromatic carbocycles. The molecule has 2 heterocycles. The van der Waals surface area contributed by atoms with Gasteiger partial charge in [-0.1, -0.05) is 26.1 Å². The summed E-state index contributed by atoms with van der Waals surface area (Å²) in [4.78, 5) is 7.05. The molecule has 0 atom stereocenters. The Hall–Kier alpha value is -1.16. The molecule has 1 aliphatic rings. The molecule has 0 bridgehead atoms. The monoisotopic (exact) mass is 263 g/mol. The van der Waals surface area contributed by atoms with Gasteiger partial charge in [0, 0.05) is 24.8 Å². The molecule has 1 aromatic heterocycles. The highest BCUT2D eigenvalue weighted by Crippen LogP contribution is 2.39. The largest absolute Gasteiger partial charge is 0.389 e. The third kappa shape index (κ3) is 2.34. The first-order chi connectivity index (χ1) is 8.62. The minimum absolute atomic E-state index is 0.448. The molecule has 98 valence electrons. The van der Waals surface area contributed by atoms with Crippen molar-refractivity contribution in [3.05, 3.63) is 24.0 Å². The Bertz CT molecular complexity index is 440. The Kier molecular flexibility index (Phi) is 3.85. The van der Waals surface area contributed by atoms with E-state index in [1.165, 1.54) is 19.3 Å². The van der Waals surface area contributed by atoms with E-state index in [1.807, 2.05) is 12.3 Å². The maximum atomic E-state index is 5.79. The smallest absolute Gasteiger partial charge is 0.106 e. The van der Waals surface area contributed by atoms with E-state index in [-0.39, 0.29) is 0 Å². The lowest BCUT2D eigenvalue weighted by molar-refractivity contribution is 0.301. The van der Waals surface area contributed by atoms with Gasteiger partial charge in [0.2, 0.25) is 0 Å². The average Bonchev–Trinajstić information content (AvgIpc) is 2.83. The molecular formula is C14H21N3S. The van der Waals surface area contributed by atoms with E-state index in [0.29, 0.717) is 10.4 Å². The Balaban J connectivity index is 2.27. The fourth-order valence-electron chi connectivity index (χ4n) is 2.81. The van der Waals surface area contributed by atoms with Crippen molar-refractivity contribution in [2.24, 2.45) is 11.1 Å². The molecule has 4 heteroatoms. The lowest BCUT2D eigenvalue weighted by Gasteiger charge is -2.27. The third-order valence-electron chi connectivity index (χ3n) is 4.34. The molecule has 1 fully saturated rings. The molecular weight excluding hydrogens is 242 g/mol. The Labute approximate surface area is 114 Å². The van der Waals surface area contributed by atoms with E-state index in [2.05, 4.69) is 23.7 Å². The molecule has 2 rings (SSSR count). The van der Waals surface area contributed by atoms with Gasteiger partial charge in [-0.05, 0) is 30.7 Å². The van der Waals surface area contributed by atoms with Crippen LogP contribution in [-0.2, 0) is 0 Å². The van der Waals surface area contributed by atoms with Gasteiger partial charge in [0.1, 0.15) is 4.99 Å². The number of nitrogens with two attached hydrogens (primary N) is 1. The van der Waals surface area contributed by atoms with Gasteiger partial charge >= 0.3 is 0 Å². The molecule has 0 unspecified atom stereocenters. The molecule has 0 amide bonds. The molecule has 0 aliphatic carbocycles. The number of hydrogen-bond donors (Lipinski definition) is 1. The lowest BCUT2D eigenvalue weighted by atomic mass is 9.82. The van der Waals surface area contributed by atoms with Crippen LogP contribution in [0.5, 0.6) is 0 Å². The van der Waals surface area contributed by atoms with Crippen molar-refractivity contribution in [2.75, 3.05) is 18.0 Å². The van der Waals surface area contributed by atoms with E-state index < -0.39 is 0 Å². The summed E-state index contributed by atoms with van der Waals surface area (Å²) < 4.78 is 0. The van der Waals surface area contributed by atoms with Crippen molar-refractivity contribution in [3.63, 3.8) is 0 Å². The standard InChI is InChI=1S/C14H21N3S/c1-3-14(4-2)6-8-17(10-14)12-9-16-7-5-11(12)13(15)18/h5,7,9H,3-4,6,8,10H2,1-2H3,(H2,15,18). The minimum atomic E-state index is 0.448. The van der Waals surface area contributed by atoms with Gasteiger partial charge < -0.3 is 10.6 Å². The van der Waals surface area contributed by atoms with Crippen LogP contribution in [0.25, 0.3) is 0 Å². The van der Waals surface area contributed by atoms with E-state index >= 15 is 0 Å². The maximum Gasteiger partial charge on any atom is 0.106 e. The second-order valence-electron chi connectivity index (χ2n) is 5.14. The van der Waals surface area contributed by atoms with Crippen LogP contribution in [0.2, 0.25) is 0 Å². The van der Waals surface area contributed by atoms with Gasteiger partial charge in [0.25, 0.3) is 0 Å². The molecule has 1 aliphatic heterocycles. The molecule has 2 N–H and O–H groups in total. The SMILES string of the molecule is CCC1(CC)CCN(c2cnccc2C(N)=S)C1. The number of nitrogens with zero attached hydrogens (tertiary/aromatic N) is 2. The summed E-state index contributed by atoms with van der Waals surface area (Å²) in [6, 6.07) is 1.91. The molecule has 0 radical (unpaired) electrons. The second-order valence-corrected chi connectivity index (χ2v) is 5.58. The fraction of sp³-hybridized carbons (Fsp3) is 0.571. The van der Waals surface area contributed by atoms with Gasteiger partial charge in [-0.25, -0.2) is 0 Å². The first-order valence-electron chi connectivity index (χ1n) is 6.60. The topological polar surface area (TPSA) is 42.2 Å². The highest BCUT2D eigenvalue weighted by molar-refractivity contribution is 7.80. The van der Waals surface area contributed by atoms with Crippen LogP contribution in [0.1, 0.15) is 38.7 Å². The van der Waals surface area contributed by atoms with Gasteiger partial charge in [-0.2, -0.15) is 0 Å². The minimum Gasteiger partial charge on any atom is -0.389 e. The van der Waals surface area contributed by atoms with E-state index in [9.17, 15) is 0 Å². The van der Waals surface area contributed by atoms with Crippen LogP contribution in [0.15, 0.2) is 18.5 Å². The summed E-state index contributed by atoms with van der Waals surface area (Å²) in [5.41, 5.74) is 8.28. The first-order valence-corrected chi connectivity index (χ1v) is 7.01. The molecule has 0 spiro atoms. The summed E-state index contributed by atoms with van der Waals surface area (Å²) >= 11 is 5.12. The Morgan fingerprint density at radius 3 is 2.78 bits per heavy atom. The maximum absolute atomic E-state index is 5.79. The number of aromatic nitrogens is 1. The van der Waals surface area contributed by atoms with E-state index in [1.54, 1.807) is 6.20 Å². The van der Waals surface area contributed by atoms with Crippen molar-refractivity contribution in [3.8, 4) is 0 Å². The van der Waals surface area contributed by atoms with Crippen molar-refractivity contribution < 1.29 is 0 Å². The summed E-state index contributed by atoms with van der Waals surface area (Å²) in [7, 11) is 0. The van der Waals surface area contributed by atoms with Crippen LogP contribution in [0, 0.1) is 5.41 Å². The van der Waals surface area contributed by atoms with Crippen LogP contribution in [0.3, 0.4) is 0 Å². The predicted molar refractivity (Wildman–Crippen MR) is 80.0 cm³/mol. The normalized spacial score (nSPS) is 18.0. The quantitative estimate of drug-likeness (QED) is 0.848. The van der Waals surface area contributed by atoms with Crippen molar-refractivity contribution >= 4 is 22.9 Å². The van der Waals surface area contributed by atoms with Crippen LogP contribution >= 0.6 is 12.2 Å². The first kappa shape index (κ1) is 13.3. The van der Waals surface area contributed by atoms with E-state index in [0.717, 1.165) is 24.3 Å². The average molecular weight is 263 g/mol. The number of thiocarbonyl (C=S) groups is 1. The fourth-order valence-corrected chi connectivity index (χ4v) is 2.99. The summed E-state index contributed by atoms with van der Waals surface area (Å²) in [5, 5.41) is 0. The summed E-state index contributed by atoms with van der Waals surface area (Å²) in [6.45, 7) is 6.72. The van der Waals surface area contributed by atoms with Gasteiger partial charge in [-0.3, -0.25) is 4.98 Å². The van der Waals surface area contributed by atoms with Crippen molar-refractivity contribution in [2.45, 2.75) is 33.1 Å². The van der Waals surface area contributed by atoms with Crippen molar-refractivity contribution in [1.29, 1.82) is 0 Å². The van der Waals surface area contributed by atoms with Crippen LogP contribution in [-0.4, -0.2) is 23.1 Å². The van der Waals surface area contributed by atoms with Gasteiger partial charge in [0.15, 0.2) is 0 Å². The number of rotatable bonds is 4. The molecule has 1 saturated heterocycles. The summed E-state index contributed by atoms with van der Waals surface area (Å²) in [6.07, 6.45) is 7.33. The highest BCUT2D eigenvalue weighted by atomic mass is 32.1. The van der Waals surface area contributed by atoms with Crippen molar-refractivity contribution in [1.82, 2.24) is 4.98 Å².